The van der Waals surface area contributed by atoms with Gasteiger partial charge in [0.05, 0.1) is 12.6 Å². The van der Waals surface area contributed by atoms with Crippen LogP contribution in [0.3, 0.4) is 0 Å². The van der Waals surface area contributed by atoms with Gasteiger partial charge < -0.3 is 20.9 Å². The molecule has 0 fully saturated rings. The van der Waals surface area contributed by atoms with Gasteiger partial charge in [-0.1, -0.05) is 44.2 Å². The highest BCUT2D eigenvalue weighted by atomic mass is 16.6. The molecular formula is C19H30N2O4. The average molecular weight is 350 g/mol. The lowest BCUT2D eigenvalue weighted by Gasteiger charge is -2.30. The normalized spacial score (nSPS) is 14.5. The van der Waals surface area contributed by atoms with E-state index in [1.165, 1.54) is 0 Å². The molecule has 1 aromatic rings. The second kappa shape index (κ2) is 8.45. The first-order valence-corrected chi connectivity index (χ1v) is 8.40. The van der Waals surface area contributed by atoms with Crippen molar-refractivity contribution in [3.63, 3.8) is 0 Å². The molecule has 2 atom stereocenters. The van der Waals surface area contributed by atoms with E-state index < -0.39 is 35.0 Å². The summed E-state index contributed by atoms with van der Waals surface area (Å²) in [6.45, 7) is 8.46. The van der Waals surface area contributed by atoms with Crippen molar-refractivity contribution in [2.75, 3.05) is 6.61 Å². The van der Waals surface area contributed by atoms with Crippen LogP contribution in [0.5, 0.6) is 0 Å². The molecule has 0 aliphatic rings. The topological polar surface area (TPSA) is 102 Å². The van der Waals surface area contributed by atoms with E-state index in [9.17, 15) is 14.7 Å². The van der Waals surface area contributed by atoms with Gasteiger partial charge >= 0.3 is 5.97 Å². The lowest BCUT2D eigenvalue weighted by Crippen LogP contribution is -2.56. The largest absolute Gasteiger partial charge is 0.458 e. The van der Waals surface area contributed by atoms with Gasteiger partial charge in [0, 0.05) is 11.8 Å². The van der Waals surface area contributed by atoms with E-state index in [0.29, 0.717) is 6.42 Å². The first-order valence-electron chi connectivity index (χ1n) is 8.40. The van der Waals surface area contributed by atoms with Crippen molar-refractivity contribution < 1.29 is 19.4 Å². The third kappa shape index (κ3) is 6.84. The van der Waals surface area contributed by atoms with Crippen LogP contribution >= 0.6 is 0 Å². The van der Waals surface area contributed by atoms with Crippen molar-refractivity contribution in [3.05, 3.63) is 35.9 Å². The van der Waals surface area contributed by atoms with Gasteiger partial charge in [-0.3, -0.25) is 4.79 Å². The van der Waals surface area contributed by atoms with Crippen molar-refractivity contribution in [1.82, 2.24) is 5.32 Å². The number of amides is 1. The molecule has 0 saturated heterocycles. The molecule has 0 radical (unpaired) electrons. The van der Waals surface area contributed by atoms with E-state index in [0.717, 1.165) is 5.56 Å². The standard InChI is InChI=1S/C19H30N2O4/c1-18(2,3)25-17(24)14(11-13-9-7-6-8-10-13)21-16(23)15(20)19(4,5)12-22/h6-10,14-15,22H,11-12,20H2,1-5H3,(H,21,23)/t14-,15+/m0/s1. The van der Waals surface area contributed by atoms with Gasteiger partial charge in [-0.05, 0) is 26.3 Å². The summed E-state index contributed by atoms with van der Waals surface area (Å²) in [6.07, 6.45) is 0.299. The number of hydrogen-bond acceptors (Lipinski definition) is 5. The monoisotopic (exact) mass is 350 g/mol. The van der Waals surface area contributed by atoms with Gasteiger partial charge in [0.15, 0.2) is 0 Å². The van der Waals surface area contributed by atoms with Gasteiger partial charge in [0.25, 0.3) is 0 Å². The molecule has 140 valence electrons. The van der Waals surface area contributed by atoms with Crippen LogP contribution < -0.4 is 11.1 Å². The fourth-order valence-electron chi connectivity index (χ4n) is 2.13. The molecule has 4 N–H and O–H groups in total. The summed E-state index contributed by atoms with van der Waals surface area (Å²) in [5.41, 5.74) is 5.39. The number of benzene rings is 1. The minimum absolute atomic E-state index is 0.239. The van der Waals surface area contributed by atoms with E-state index >= 15 is 0 Å². The van der Waals surface area contributed by atoms with Crippen LogP contribution in [0.1, 0.15) is 40.2 Å². The highest BCUT2D eigenvalue weighted by molar-refractivity contribution is 5.88. The highest BCUT2D eigenvalue weighted by Crippen LogP contribution is 2.18. The predicted octanol–water partition coefficient (Wildman–Crippen LogP) is 1.40. The third-order valence-corrected chi connectivity index (χ3v) is 3.82. The summed E-state index contributed by atoms with van der Waals surface area (Å²) >= 11 is 0. The zero-order valence-corrected chi connectivity index (χ0v) is 15.7. The van der Waals surface area contributed by atoms with Crippen molar-refractivity contribution in [1.29, 1.82) is 0 Å². The Morgan fingerprint density at radius 2 is 1.72 bits per heavy atom. The summed E-state index contributed by atoms with van der Waals surface area (Å²) in [7, 11) is 0. The van der Waals surface area contributed by atoms with Crippen LogP contribution in [0, 0.1) is 5.41 Å². The van der Waals surface area contributed by atoms with Crippen molar-refractivity contribution in [3.8, 4) is 0 Å². The summed E-state index contributed by atoms with van der Waals surface area (Å²) in [4.78, 5) is 25.0. The number of ether oxygens (including phenoxy) is 1. The van der Waals surface area contributed by atoms with Gasteiger partial charge in [-0.25, -0.2) is 4.79 Å². The lowest BCUT2D eigenvalue weighted by molar-refractivity contribution is -0.158. The zero-order chi connectivity index (χ0) is 19.3. The molecule has 0 aliphatic carbocycles. The molecule has 0 heterocycles. The number of nitrogens with one attached hydrogen (secondary N) is 1. The SMILES string of the molecule is CC(C)(C)OC(=O)[C@H](Cc1ccccc1)NC(=O)[C@@H](N)C(C)(C)CO. The van der Waals surface area contributed by atoms with E-state index in [-0.39, 0.29) is 6.61 Å². The second-order valence-corrected chi connectivity index (χ2v) is 7.91. The van der Waals surface area contributed by atoms with Crippen LogP contribution in [-0.4, -0.2) is 41.3 Å². The number of rotatable bonds is 7. The second-order valence-electron chi connectivity index (χ2n) is 7.91. The minimum Gasteiger partial charge on any atom is -0.458 e. The molecule has 6 heteroatoms. The minimum atomic E-state index is -0.946. The maximum atomic E-state index is 12.5. The number of nitrogens with two attached hydrogens (primary N) is 1. The first-order chi connectivity index (χ1) is 11.5. The van der Waals surface area contributed by atoms with Crippen molar-refractivity contribution in [2.45, 2.75) is 58.7 Å². The van der Waals surface area contributed by atoms with Crippen molar-refractivity contribution >= 4 is 11.9 Å². The Kier molecular flexibility index (Phi) is 7.14. The number of carbonyl (C=O) groups is 2. The summed E-state index contributed by atoms with van der Waals surface area (Å²) in [5.74, 6) is -1.01. The number of aliphatic hydroxyl groups excluding tert-OH is 1. The van der Waals surface area contributed by atoms with E-state index in [2.05, 4.69) is 5.32 Å². The van der Waals surface area contributed by atoms with E-state index in [1.54, 1.807) is 34.6 Å². The smallest absolute Gasteiger partial charge is 0.329 e. The predicted molar refractivity (Wildman–Crippen MR) is 96.8 cm³/mol. The van der Waals surface area contributed by atoms with Gasteiger partial charge in [-0.2, -0.15) is 0 Å². The van der Waals surface area contributed by atoms with E-state index in [4.69, 9.17) is 10.5 Å². The molecule has 0 aromatic heterocycles. The molecule has 0 bridgehead atoms. The number of aliphatic hydroxyl groups is 1. The molecule has 0 unspecified atom stereocenters. The number of hydrogen-bond donors (Lipinski definition) is 3. The zero-order valence-electron chi connectivity index (χ0n) is 15.7. The fraction of sp³-hybridized carbons (Fsp3) is 0.579. The Labute approximate surface area is 149 Å². The van der Waals surface area contributed by atoms with Gasteiger partial charge in [0.2, 0.25) is 5.91 Å². The van der Waals surface area contributed by atoms with Gasteiger partial charge in [-0.15, -0.1) is 0 Å². The highest BCUT2D eigenvalue weighted by Gasteiger charge is 2.34. The first kappa shape index (κ1) is 21.1. The Morgan fingerprint density at radius 3 is 2.20 bits per heavy atom. The molecule has 6 nitrogen and oxygen atoms in total. The van der Waals surface area contributed by atoms with Crippen LogP contribution in [0.2, 0.25) is 0 Å². The van der Waals surface area contributed by atoms with Crippen LogP contribution in [-0.2, 0) is 20.7 Å². The molecule has 0 spiro atoms. The molecule has 1 aromatic carbocycles. The molecule has 1 amide bonds. The van der Waals surface area contributed by atoms with E-state index in [1.807, 2.05) is 30.3 Å². The molecule has 0 saturated carbocycles. The number of esters is 1. The quantitative estimate of drug-likeness (QED) is 0.645. The lowest BCUT2D eigenvalue weighted by atomic mass is 9.85. The molecular weight excluding hydrogens is 320 g/mol. The maximum absolute atomic E-state index is 12.5. The molecule has 0 aliphatic heterocycles. The van der Waals surface area contributed by atoms with Crippen LogP contribution in [0.25, 0.3) is 0 Å². The summed E-state index contributed by atoms with van der Waals surface area (Å²) in [6, 6.07) is 7.56. The van der Waals surface area contributed by atoms with Crippen LogP contribution in [0.4, 0.5) is 0 Å². The Morgan fingerprint density at radius 1 is 1.16 bits per heavy atom. The molecule has 25 heavy (non-hydrogen) atoms. The third-order valence-electron chi connectivity index (χ3n) is 3.82. The van der Waals surface area contributed by atoms with Gasteiger partial charge in [0.1, 0.15) is 11.6 Å². The van der Waals surface area contributed by atoms with Crippen molar-refractivity contribution in [2.24, 2.45) is 11.1 Å². The average Bonchev–Trinajstić information content (AvgIpc) is 2.52. The fourth-order valence-corrected chi connectivity index (χ4v) is 2.13. The molecule has 1 rings (SSSR count). The number of carbonyl (C=O) groups excluding carboxylic acids is 2. The maximum Gasteiger partial charge on any atom is 0.329 e. The summed E-state index contributed by atoms with van der Waals surface area (Å²) in [5, 5.41) is 12.1. The van der Waals surface area contributed by atoms with Crippen LogP contribution in [0.15, 0.2) is 30.3 Å². The summed E-state index contributed by atoms with van der Waals surface area (Å²) < 4.78 is 5.42. The Balaban J connectivity index is 2.94. The Bertz CT molecular complexity index is 579. The Hall–Kier alpha value is -1.92.